The van der Waals surface area contributed by atoms with Crippen molar-refractivity contribution in [1.82, 2.24) is 9.80 Å². The molecule has 5 nitrogen and oxygen atoms in total. The Bertz CT molecular complexity index is 252. The molecule has 0 unspecified atom stereocenters. The van der Waals surface area contributed by atoms with E-state index in [1.165, 1.54) is 0 Å². The van der Waals surface area contributed by atoms with Gasteiger partial charge in [-0.15, -0.1) is 0 Å². The third-order valence-electron chi connectivity index (χ3n) is 3.55. The van der Waals surface area contributed by atoms with Crippen LogP contribution in [-0.4, -0.2) is 65.9 Å². The molecule has 0 saturated carbocycles. The Kier molecular flexibility index (Phi) is 3.66. The normalized spacial score (nSPS) is 28.5. The molecule has 0 aromatic heterocycles. The summed E-state index contributed by atoms with van der Waals surface area (Å²) in [6.07, 6.45) is 1.45. The van der Waals surface area contributed by atoms with Crippen molar-refractivity contribution in [2.75, 3.05) is 32.8 Å². The van der Waals surface area contributed by atoms with Crippen molar-refractivity contribution in [1.29, 1.82) is 0 Å². The summed E-state index contributed by atoms with van der Waals surface area (Å²) >= 11 is 0. The number of amides is 1. The smallest absolute Gasteiger partial charge is 0.410 e. The summed E-state index contributed by atoms with van der Waals surface area (Å²) in [5, 5.41) is 8.97. The fourth-order valence-corrected chi connectivity index (χ4v) is 2.48. The second-order valence-electron chi connectivity index (χ2n) is 4.51. The molecule has 1 atom stereocenters. The first-order valence-corrected chi connectivity index (χ1v) is 6.05. The van der Waals surface area contributed by atoms with Gasteiger partial charge in [0.05, 0.1) is 13.2 Å². The molecular weight excluding hydrogens is 208 g/mol. The molecule has 2 saturated heterocycles. The second kappa shape index (κ2) is 5.01. The molecule has 1 N–H and O–H groups in total. The second-order valence-corrected chi connectivity index (χ2v) is 4.51. The highest BCUT2D eigenvalue weighted by Crippen LogP contribution is 2.22. The van der Waals surface area contributed by atoms with Gasteiger partial charge in [0.2, 0.25) is 0 Å². The fourth-order valence-electron chi connectivity index (χ4n) is 2.48. The minimum Gasteiger partial charge on any atom is -0.442 e. The largest absolute Gasteiger partial charge is 0.442 e. The van der Waals surface area contributed by atoms with E-state index in [1.54, 1.807) is 4.90 Å². The monoisotopic (exact) mass is 228 g/mol. The molecule has 2 aliphatic heterocycles. The highest BCUT2D eigenvalue weighted by Gasteiger charge is 2.36. The van der Waals surface area contributed by atoms with Gasteiger partial charge in [-0.1, -0.05) is 6.92 Å². The van der Waals surface area contributed by atoms with E-state index in [4.69, 9.17) is 9.84 Å². The number of carbonyl (C=O) groups excluding carboxylic acids is 1. The van der Waals surface area contributed by atoms with Gasteiger partial charge in [-0.2, -0.15) is 0 Å². The number of hydrogen-bond donors (Lipinski definition) is 1. The molecule has 0 bridgehead atoms. The van der Waals surface area contributed by atoms with Gasteiger partial charge < -0.3 is 19.6 Å². The van der Waals surface area contributed by atoms with Gasteiger partial charge in [-0.05, 0) is 19.4 Å². The van der Waals surface area contributed by atoms with Crippen LogP contribution in [-0.2, 0) is 4.74 Å². The van der Waals surface area contributed by atoms with Gasteiger partial charge in [-0.3, -0.25) is 0 Å². The number of nitrogens with zero attached hydrogens (tertiary/aromatic N) is 2. The van der Waals surface area contributed by atoms with Crippen LogP contribution in [0.2, 0.25) is 0 Å². The minimum absolute atomic E-state index is 0.0734. The molecule has 0 aliphatic carbocycles. The first-order valence-electron chi connectivity index (χ1n) is 6.05. The highest BCUT2D eigenvalue weighted by molar-refractivity contribution is 5.70. The van der Waals surface area contributed by atoms with Gasteiger partial charge in [-0.25, -0.2) is 4.79 Å². The summed E-state index contributed by atoms with van der Waals surface area (Å²) in [6.45, 7) is 5.81. The van der Waals surface area contributed by atoms with Crippen molar-refractivity contribution in [3.63, 3.8) is 0 Å². The maximum absolute atomic E-state index is 11.6. The number of aliphatic hydroxyl groups excluding tert-OH is 1. The SMILES string of the molecule is CCN1CCC(N2C[C@H](CO)OC2=O)CC1. The zero-order valence-corrected chi connectivity index (χ0v) is 9.76. The lowest BCUT2D eigenvalue weighted by Crippen LogP contribution is -2.45. The van der Waals surface area contributed by atoms with Crippen molar-refractivity contribution < 1.29 is 14.6 Å². The molecule has 5 heteroatoms. The number of aliphatic hydroxyl groups is 1. The van der Waals surface area contributed by atoms with Crippen LogP contribution < -0.4 is 0 Å². The van der Waals surface area contributed by atoms with Gasteiger partial charge in [0.25, 0.3) is 0 Å². The quantitative estimate of drug-likeness (QED) is 0.754. The number of cyclic esters (lactones) is 1. The lowest BCUT2D eigenvalue weighted by molar-refractivity contribution is 0.0919. The lowest BCUT2D eigenvalue weighted by atomic mass is 10.0. The van der Waals surface area contributed by atoms with E-state index in [9.17, 15) is 4.79 Å². The van der Waals surface area contributed by atoms with Crippen LogP contribution >= 0.6 is 0 Å². The minimum atomic E-state index is -0.322. The number of likely N-dealkylation sites (tertiary alicyclic amines) is 1. The molecule has 0 aromatic rings. The molecule has 0 spiro atoms. The van der Waals surface area contributed by atoms with Crippen molar-refractivity contribution in [3.8, 4) is 0 Å². The Hall–Kier alpha value is -0.810. The average Bonchev–Trinajstić information content (AvgIpc) is 2.71. The van der Waals surface area contributed by atoms with Crippen molar-refractivity contribution in [2.45, 2.75) is 31.9 Å². The molecule has 1 amide bonds. The Morgan fingerprint density at radius 2 is 2.12 bits per heavy atom. The van der Waals surface area contributed by atoms with E-state index in [2.05, 4.69) is 11.8 Å². The summed E-state index contributed by atoms with van der Waals surface area (Å²) in [4.78, 5) is 15.7. The molecule has 92 valence electrons. The Balaban J connectivity index is 1.87. The highest BCUT2D eigenvalue weighted by atomic mass is 16.6. The number of ether oxygens (including phenoxy) is 1. The van der Waals surface area contributed by atoms with E-state index in [-0.39, 0.29) is 18.8 Å². The number of rotatable bonds is 3. The summed E-state index contributed by atoms with van der Waals surface area (Å²) in [6, 6.07) is 0.298. The Morgan fingerprint density at radius 1 is 1.44 bits per heavy atom. The third-order valence-corrected chi connectivity index (χ3v) is 3.55. The molecule has 2 fully saturated rings. The van der Waals surface area contributed by atoms with Crippen LogP contribution in [0.4, 0.5) is 4.79 Å². The van der Waals surface area contributed by atoms with E-state index in [0.717, 1.165) is 32.5 Å². The topological polar surface area (TPSA) is 53.0 Å². The molecule has 0 aromatic carbocycles. The van der Waals surface area contributed by atoms with Crippen LogP contribution in [0.1, 0.15) is 19.8 Å². The predicted octanol–water partition coefficient (Wildman–Crippen LogP) is 0.284. The maximum Gasteiger partial charge on any atom is 0.410 e. The fraction of sp³-hybridized carbons (Fsp3) is 0.909. The van der Waals surface area contributed by atoms with Gasteiger partial charge >= 0.3 is 6.09 Å². The summed E-state index contributed by atoms with van der Waals surface area (Å²) in [5.74, 6) is 0. The standard InChI is InChI=1S/C11H20N2O3/c1-2-12-5-3-9(4-6-12)13-7-10(8-14)16-11(13)15/h9-10,14H,2-8H2,1H3/t10-/m1/s1. The Labute approximate surface area is 96.0 Å². The molecule has 2 heterocycles. The number of piperidine rings is 1. The summed E-state index contributed by atoms with van der Waals surface area (Å²) in [7, 11) is 0. The molecule has 2 rings (SSSR count). The summed E-state index contributed by atoms with van der Waals surface area (Å²) < 4.78 is 5.05. The molecular formula is C11H20N2O3. The first-order chi connectivity index (χ1) is 7.74. The van der Waals surface area contributed by atoms with Gasteiger partial charge in [0.1, 0.15) is 6.10 Å². The van der Waals surface area contributed by atoms with Gasteiger partial charge in [0, 0.05) is 19.1 Å². The third kappa shape index (κ3) is 2.30. The van der Waals surface area contributed by atoms with Crippen LogP contribution in [0.15, 0.2) is 0 Å². The van der Waals surface area contributed by atoms with Crippen LogP contribution in [0.25, 0.3) is 0 Å². The first kappa shape index (κ1) is 11.7. The molecule has 16 heavy (non-hydrogen) atoms. The van der Waals surface area contributed by atoms with E-state index < -0.39 is 0 Å². The number of hydrogen-bond acceptors (Lipinski definition) is 4. The number of carbonyl (C=O) groups is 1. The van der Waals surface area contributed by atoms with Crippen LogP contribution in [0.3, 0.4) is 0 Å². The molecule has 0 radical (unpaired) electrons. The van der Waals surface area contributed by atoms with E-state index >= 15 is 0 Å². The lowest BCUT2D eigenvalue weighted by Gasteiger charge is -2.34. The molecule has 2 aliphatic rings. The van der Waals surface area contributed by atoms with E-state index in [1.807, 2.05) is 0 Å². The van der Waals surface area contributed by atoms with Crippen molar-refractivity contribution >= 4 is 6.09 Å². The Morgan fingerprint density at radius 3 is 2.62 bits per heavy atom. The van der Waals surface area contributed by atoms with E-state index in [0.29, 0.717) is 12.6 Å². The zero-order valence-electron chi connectivity index (χ0n) is 9.76. The van der Waals surface area contributed by atoms with Gasteiger partial charge in [0.15, 0.2) is 0 Å². The zero-order chi connectivity index (χ0) is 11.5. The van der Waals surface area contributed by atoms with Crippen molar-refractivity contribution in [3.05, 3.63) is 0 Å². The van der Waals surface area contributed by atoms with Crippen molar-refractivity contribution in [2.24, 2.45) is 0 Å². The summed E-state index contributed by atoms with van der Waals surface area (Å²) in [5.41, 5.74) is 0. The maximum atomic E-state index is 11.6. The van der Waals surface area contributed by atoms with Crippen LogP contribution in [0, 0.1) is 0 Å². The predicted molar refractivity (Wildman–Crippen MR) is 59.2 cm³/mol. The van der Waals surface area contributed by atoms with Crippen LogP contribution in [0.5, 0.6) is 0 Å². The average molecular weight is 228 g/mol.